The summed E-state index contributed by atoms with van der Waals surface area (Å²) >= 11 is 0. The summed E-state index contributed by atoms with van der Waals surface area (Å²) in [7, 11) is 0. The maximum atomic E-state index is 12.6. The van der Waals surface area contributed by atoms with Gasteiger partial charge in [-0.1, -0.05) is 42.5 Å². The number of carboxylic acids is 1. The number of nitrogens with zero attached hydrogens (tertiary/aromatic N) is 1. The highest BCUT2D eigenvalue weighted by Crippen LogP contribution is 2.32. The maximum absolute atomic E-state index is 12.6. The van der Waals surface area contributed by atoms with Gasteiger partial charge in [0.15, 0.2) is 0 Å². The number of alkyl halides is 2. The number of halogens is 2. The molecule has 0 unspecified atom stereocenters. The average molecular weight is 393 g/mol. The zero-order valence-electron chi connectivity index (χ0n) is 15.3. The third-order valence-electron chi connectivity index (χ3n) is 4.68. The molecule has 4 rings (SSSR count). The second-order valence-corrected chi connectivity index (χ2v) is 6.59. The molecule has 1 N–H and O–H groups in total. The highest BCUT2D eigenvalue weighted by atomic mass is 19.3. The van der Waals surface area contributed by atoms with E-state index < -0.39 is 12.6 Å². The summed E-state index contributed by atoms with van der Waals surface area (Å²) in [5.41, 5.74) is 3.75. The van der Waals surface area contributed by atoms with Gasteiger partial charge in [-0.05, 0) is 47.5 Å². The van der Waals surface area contributed by atoms with Crippen molar-refractivity contribution in [1.82, 2.24) is 4.57 Å². The van der Waals surface area contributed by atoms with Gasteiger partial charge in [0.2, 0.25) is 0 Å². The molecule has 1 heterocycles. The van der Waals surface area contributed by atoms with Crippen LogP contribution in [-0.4, -0.2) is 22.3 Å². The van der Waals surface area contributed by atoms with E-state index in [9.17, 15) is 18.7 Å². The first kappa shape index (κ1) is 18.7. The van der Waals surface area contributed by atoms with Crippen LogP contribution in [0.3, 0.4) is 0 Å². The van der Waals surface area contributed by atoms with Crippen LogP contribution in [0.4, 0.5) is 8.78 Å². The van der Waals surface area contributed by atoms with E-state index >= 15 is 0 Å². The largest absolute Gasteiger partial charge is 0.478 e. The van der Waals surface area contributed by atoms with E-state index in [0.717, 1.165) is 27.7 Å². The van der Waals surface area contributed by atoms with Crippen molar-refractivity contribution >= 4 is 16.9 Å². The van der Waals surface area contributed by atoms with Gasteiger partial charge in [-0.2, -0.15) is 8.78 Å². The number of rotatable bonds is 6. The monoisotopic (exact) mass is 393 g/mol. The minimum absolute atomic E-state index is 0.0946. The Morgan fingerprint density at radius 3 is 2.48 bits per heavy atom. The van der Waals surface area contributed by atoms with Gasteiger partial charge >= 0.3 is 12.6 Å². The molecule has 0 bridgehead atoms. The third-order valence-corrected chi connectivity index (χ3v) is 4.68. The van der Waals surface area contributed by atoms with E-state index in [0.29, 0.717) is 6.54 Å². The number of benzene rings is 3. The predicted molar refractivity (Wildman–Crippen MR) is 107 cm³/mol. The van der Waals surface area contributed by atoms with Crippen LogP contribution in [0.15, 0.2) is 78.9 Å². The Labute approximate surface area is 165 Å². The topological polar surface area (TPSA) is 51.5 Å². The smallest absolute Gasteiger partial charge is 0.387 e. The fraction of sp³-hybridized carbons (Fsp3) is 0.0870. The number of carboxylic acid groups (broad SMARTS) is 1. The number of hydrogen-bond donors (Lipinski definition) is 1. The lowest BCUT2D eigenvalue weighted by Crippen LogP contribution is -2.04. The molecule has 29 heavy (non-hydrogen) atoms. The van der Waals surface area contributed by atoms with Crippen molar-refractivity contribution in [2.24, 2.45) is 0 Å². The first-order valence-corrected chi connectivity index (χ1v) is 8.97. The van der Waals surface area contributed by atoms with Crippen molar-refractivity contribution in [3.8, 4) is 17.0 Å². The molecule has 0 radical (unpaired) electrons. The Kier molecular flexibility index (Phi) is 4.99. The minimum Gasteiger partial charge on any atom is -0.478 e. The van der Waals surface area contributed by atoms with Crippen LogP contribution in [0.1, 0.15) is 15.9 Å². The Hall–Kier alpha value is -3.67. The van der Waals surface area contributed by atoms with Crippen LogP contribution in [-0.2, 0) is 6.54 Å². The fourth-order valence-corrected chi connectivity index (χ4v) is 3.43. The van der Waals surface area contributed by atoms with Crippen LogP contribution in [0.5, 0.6) is 5.75 Å². The first-order chi connectivity index (χ1) is 14.0. The van der Waals surface area contributed by atoms with Crippen LogP contribution in [0.25, 0.3) is 22.2 Å². The van der Waals surface area contributed by atoms with Gasteiger partial charge in [0.1, 0.15) is 5.75 Å². The molecule has 0 spiro atoms. The highest BCUT2D eigenvalue weighted by molar-refractivity contribution is 5.89. The number of carbonyl (C=O) groups is 1. The zero-order valence-corrected chi connectivity index (χ0v) is 15.3. The van der Waals surface area contributed by atoms with Crippen molar-refractivity contribution in [2.45, 2.75) is 13.2 Å². The molecule has 1 aromatic heterocycles. The molecular formula is C23H17F2NO3. The summed E-state index contributed by atoms with van der Waals surface area (Å²) in [6.07, 6.45) is 0. The standard InChI is InChI=1S/C23H17F2NO3/c24-23(25)29-19-9-10-20-18(12-19)13-21(16-6-2-1-3-7-16)26(20)14-15-5-4-8-17(11-15)22(27)28/h1-13,23H,14H2,(H,27,28). The minimum atomic E-state index is -2.89. The Morgan fingerprint density at radius 1 is 0.966 bits per heavy atom. The molecule has 0 amide bonds. The molecule has 146 valence electrons. The maximum Gasteiger partial charge on any atom is 0.387 e. The molecular weight excluding hydrogens is 376 g/mol. The molecule has 0 aliphatic rings. The van der Waals surface area contributed by atoms with Gasteiger partial charge in [0.25, 0.3) is 0 Å². The van der Waals surface area contributed by atoms with Crippen molar-refractivity contribution < 1.29 is 23.4 Å². The molecule has 6 heteroatoms. The first-order valence-electron chi connectivity index (χ1n) is 8.97. The predicted octanol–water partition coefficient (Wildman–Crippen LogP) is 5.66. The average Bonchev–Trinajstić information content (AvgIpc) is 3.06. The number of aromatic nitrogens is 1. The van der Waals surface area contributed by atoms with Gasteiger partial charge < -0.3 is 14.4 Å². The highest BCUT2D eigenvalue weighted by Gasteiger charge is 2.14. The summed E-state index contributed by atoms with van der Waals surface area (Å²) in [4.78, 5) is 11.3. The van der Waals surface area contributed by atoms with Crippen molar-refractivity contribution in [2.75, 3.05) is 0 Å². The molecule has 4 nitrogen and oxygen atoms in total. The van der Waals surface area contributed by atoms with E-state index in [-0.39, 0.29) is 11.3 Å². The molecule has 0 aliphatic heterocycles. The summed E-state index contributed by atoms with van der Waals surface area (Å²) < 4.78 is 31.7. The molecule has 0 fully saturated rings. The Morgan fingerprint density at radius 2 is 1.76 bits per heavy atom. The van der Waals surface area contributed by atoms with Gasteiger partial charge in [-0.15, -0.1) is 0 Å². The number of aromatic carboxylic acids is 1. The Bertz CT molecular complexity index is 1170. The molecule has 0 aliphatic carbocycles. The van der Waals surface area contributed by atoms with Gasteiger partial charge in [0.05, 0.1) is 5.56 Å². The number of fused-ring (bicyclic) bond motifs is 1. The van der Waals surface area contributed by atoms with E-state index in [1.165, 1.54) is 6.07 Å². The van der Waals surface area contributed by atoms with E-state index in [2.05, 4.69) is 4.74 Å². The van der Waals surface area contributed by atoms with Gasteiger partial charge in [-0.3, -0.25) is 0 Å². The van der Waals surface area contributed by atoms with Crippen LogP contribution in [0, 0.1) is 0 Å². The van der Waals surface area contributed by atoms with Gasteiger partial charge in [0, 0.05) is 23.1 Å². The lowest BCUT2D eigenvalue weighted by Gasteiger charge is -2.12. The zero-order chi connectivity index (χ0) is 20.4. The third kappa shape index (κ3) is 3.96. The lowest BCUT2D eigenvalue weighted by molar-refractivity contribution is -0.0497. The summed E-state index contributed by atoms with van der Waals surface area (Å²) in [6.45, 7) is -2.45. The van der Waals surface area contributed by atoms with Gasteiger partial charge in [-0.25, -0.2) is 4.79 Å². The van der Waals surface area contributed by atoms with E-state index in [1.54, 1.807) is 30.3 Å². The molecule has 0 saturated heterocycles. The van der Waals surface area contributed by atoms with Crippen LogP contribution in [0.2, 0.25) is 0 Å². The van der Waals surface area contributed by atoms with Crippen molar-refractivity contribution in [1.29, 1.82) is 0 Å². The molecule has 0 atom stereocenters. The quantitative estimate of drug-likeness (QED) is 0.460. The van der Waals surface area contributed by atoms with Crippen LogP contribution < -0.4 is 4.74 Å². The van der Waals surface area contributed by atoms with Crippen molar-refractivity contribution in [3.05, 3.63) is 90.0 Å². The normalized spacial score (nSPS) is 11.1. The Balaban J connectivity index is 1.84. The second kappa shape index (κ2) is 7.75. The SMILES string of the molecule is O=C(O)c1cccc(Cn2c(-c3ccccc3)cc3cc(OC(F)F)ccc32)c1. The molecule has 4 aromatic rings. The molecule has 3 aromatic carbocycles. The number of ether oxygens (including phenoxy) is 1. The summed E-state index contributed by atoms with van der Waals surface area (Å²) in [6, 6.07) is 23.2. The van der Waals surface area contributed by atoms with E-state index in [4.69, 9.17) is 0 Å². The lowest BCUT2D eigenvalue weighted by atomic mass is 10.1. The molecule has 0 saturated carbocycles. The summed E-state index contributed by atoms with van der Waals surface area (Å²) in [5.74, 6) is -0.890. The number of hydrogen-bond acceptors (Lipinski definition) is 2. The van der Waals surface area contributed by atoms with Crippen LogP contribution >= 0.6 is 0 Å². The van der Waals surface area contributed by atoms with Crippen molar-refractivity contribution in [3.63, 3.8) is 0 Å². The van der Waals surface area contributed by atoms with E-state index in [1.807, 2.05) is 47.0 Å². The fourth-order valence-electron chi connectivity index (χ4n) is 3.43. The summed E-state index contributed by atoms with van der Waals surface area (Å²) in [5, 5.41) is 10.0. The second-order valence-electron chi connectivity index (χ2n) is 6.59.